The van der Waals surface area contributed by atoms with Crippen LogP contribution in [-0.2, 0) is 0 Å². The van der Waals surface area contributed by atoms with Crippen molar-refractivity contribution in [2.75, 3.05) is 5.32 Å². The van der Waals surface area contributed by atoms with Crippen LogP contribution in [0.25, 0.3) is 0 Å². The Morgan fingerprint density at radius 2 is 2.18 bits per heavy atom. The van der Waals surface area contributed by atoms with Crippen LogP contribution in [0.2, 0.25) is 0 Å². The molecule has 0 amide bonds. The monoisotopic (exact) mass is 229 g/mol. The molecule has 1 N–H and O–H groups in total. The molecular formula is C14H19N3. The second-order valence-corrected chi connectivity index (χ2v) is 4.81. The van der Waals surface area contributed by atoms with Gasteiger partial charge in [0.25, 0.3) is 0 Å². The van der Waals surface area contributed by atoms with Crippen molar-refractivity contribution >= 4 is 5.69 Å². The van der Waals surface area contributed by atoms with Gasteiger partial charge >= 0.3 is 0 Å². The number of pyridine rings is 1. The summed E-state index contributed by atoms with van der Waals surface area (Å²) in [5.74, 6) is 0.917. The zero-order chi connectivity index (χ0) is 12.1. The van der Waals surface area contributed by atoms with E-state index in [-0.39, 0.29) is 0 Å². The van der Waals surface area contributed by atoms with Crippen LogP contribution in [0.15, 0.2) is 18.3 Å². The summed E-state index contributed by atoms with van der Waals surface area (Å²) in [4.78, 5) is 3.98. The highest BCUT2D eigenvalue weighted by molar-refractivity contribution is 5.46. The van der Waals surface area contributed by atoms with E-state index in [1.807, 2.05) is 12.1 Å². The normalized spacial score (nSPS) is 24.0. The molecular weight excluding hydrogens is 210 g/mol. The molecule has 1 heterocycles. The van der Waals surface area contributed by atoms with Gasteiger partial charge in [-0.25, -0.2) is 4.98 Å². The molecule has 1 aromatic rings. The maximum absolute atomic E-state index is 8.79. The number of hydrogen-bond donors (Lipinski definition) is 1. The highest BCUT2D eigenvalue weighted by Gasteiger charge is 2.19. The predicted molar refractivity (Wildman–Crippen MR) is 68.6 cm³/mol. The van der Waals surface area contributed by atoms with Crippen LogP contribution < -0.4 is 5.32 Å². The van der Waals surface area contributed by atoms with Crippen LogP contribution in [0.5, 0.6) is 0 Å². The third-order valence-electron chi connectivity index (χ3n) is 3.67. The van der Waals surface area contributed by atoms with E-state index in [1.54, 1.807) is 6.20 Å². The lowest BCUT2D eigenvalue weighted by atomic mass is 9.84. The second-order valence-electron chi connectivity index (χ2n) is 4.81. The van der Waals surface area contributed by atoms with Crippen molar-refractivity contribution in [3.8, 4) is 6.07 Å². The van der Waals surface area contributed by atoms with Crippen molar-refractivity contribution in [1.29, 1.82) is 5.26 Å². The summed E-state index contributed by atoms with van der Waals surface area (Å²) in [7, 11) is 0. The first-order valence-corrected chi connectivity index (χ1v) is 6.44. The molecule has 1 aromatic heterocycles. The average Bonchev–Trinajstić information content (AvgIpc) is 2.40. The molecule has 3 heteroatoms. The van der Waals surface area contributed by atoms with Gasteiger partial charge < -0.3 is 5.32 Å². The summed E-state index contributed by atoms with van der Waals surface area (Å²) >= 11 is 0. The molecule has 2 rings (SSSR count). The van der Waals surface area contributed by atoms with Gasteiger partial charge in [0.05, 0.1) is 0 Å². The molecule has 0 atom stereocenters. The van der Waals surface area contributed by atoms with Gasteiger partial charge in [-0.3, -0.25) is 0 Å². The van der Waals surface area contributed by atoms with E-state index >= 15 is 0 Å². The zero-order valence-electron chi connectivity index (χ0n) is 10.3. The minimum absolute atomic E-state index is 0.484. The van der Waals surface area contributed by atoms with Crippen molar-refractivity contribution in [2.24, 2.45) is 5.92 Å². The van der Waals surface area contributed by atoms with Crippen molar-refractivity contribution in [2.45, 2.75) is 45.1 Å². The molecule has 17 heavy (non-hydrogen) atoms. The van der Waals surface area contributed by atoms with Gasteiger partial charge in [-0.2, -0.15) is 5.26 Å². The number of aromatic nitrogens is 1. The van der Waals surface area contributed by atoms with Crippen molar-refractivity contribution < 1.29 is 0 Å². The summed E-state index contributed by atoms with van der Waals surface area (Å²) in [6, 6.07) is 6.39. The molecule has 0 saturated heterocycles. The Kier molecular flexibility index (Phi) is 3.98. The number of anilines is 1. The van der Waals surface area contributed by atoms with Crippen LogP contribution in [0.4, 0.5) is 5.69 Å². The van der Waals surface area contributed by atoms with E-state index < -0.39 is 0 Å². The molecule has 1 saturated carbocycles. The van der Waals surface area contributed by atoms with Gasteiger partial charge in [0.15, 0.2) is 0 Å². The van der Waals surface area contributed by atoms with Crippen LogP contribution >= 0.6 is 0 Å². The van der Waals surface area contributed by atoms with E-state index in [9.17, 15) is 0 Å². The van der Waals surface area contributed by atoms with Crippen molar-refractivity contribution in [3.63, 3.8) is 0 Å². The van der Waals surface area contributed by atoms with Crippen molar-refractivity contribution in [1.82, 2.24) is 4.98 Å². The molecule has 3 nitrogen and oxygen atoms in total. The van der Waals surface area contributed by atoms with Crippen molar-refractivity contribution in [3.05, 3.63) is 24.0 Å². The highest BCUT2D eigenvalue weighted by atomic mass is 14.9. The fraction of sp³-hybridized carbons (Fsp3) is 0.571. The number of nitrogens with one attached hydrogen (secondary N) is 1. The topological polar surface area (TPSA) is 48.7 Å². The first-order valence-electron chi connectivity index (χ1n) is 6.44. The average molecular weight is 229 g/mol. The number of hydrogen-bond acceptors (Lipinski definition) is 3. The lowest BCUT2D eigenvalue weighted by molar-refractivity contribution is 0.330. The molecule has 90 valence electrons. The summed E-state index contributed by atoms with van der Waals surface area (Å²) in [5.41, 5.74) is 1.51. The molecule has 0 spiro atoms. The van der Waals surface area contributed by atoms with E-state index in [2.05, 4.69) is 23.3 Å². The molecule has 1 aliphatic carbocycles. The Morgan fingerprint density at radius 1 is 1.41 bits per heavy atom. The molecule has 0 bridgehead atoms. The molecule has 1 aliphatic rings. The molecule has 0 radical (unpaired) electrons. The van der Waals surface area contributed by atoms with E-state index in [0.29, 0.717) is 11.7 Å². The Balaban J connectivity index is 1.91. The molecule has 1 fully saturated rings. The smallest absolute Gasteiger partial charge is 0.142 e. The lowest BCUT2D eigenvalue weighted by Gasteiger charge is -2.29. The number of nitriles is 1. The summed E-state index contributed by atoms with van der Waals surface area (Å²) in [5, 5.41) is 12.3. The van der Waals surface area contributed by atoms with Gasteiger partial charge in [0, 0.05) is 17.9 Å². The predicted octanol–water partition coefficient (Wildman–Crippen LogP) is 3.33. The van der Waals surface area contributed by atoms with Gasteiger partial charge in [-0.1, -0.05) is 13.3 Å². The summed E-state index contributed by atoms with van der Waals surface area (Å²) < 4.78 is 0. The SMILES string of the molecule is CCC1CCC(Nc2ccnc(C#N)c2)CC1. The lowest BCUT2D eigenvalue weighted by Crippen LogP contribution is -2.25. The maximum atomic E-state index is 8.79. The Morgan fingerprint density at radius 3 is 2.82 bits per heavy atom. The Labute approximate surface area is 103 Å². The quantitative estimate of drug-likeness (QED) is 0.864. The zero-order valence-corrected chi connectivity index (χ0v) is 10.3. The number of nitrogens with zero attached hydrogens (tertiary/aromatic N) is 2. The largest absolute Gasteiger partial charge is 0.382 e. The van der Waals surface area contributed by atoms with Gasteiger partial charge in [-0.05, 0) is 43.7 Å². The molecule has 0 aromatic carbocycles. The Bertz CT molecular complexity index is 400. The molecule has 0 aliphatic heterocycles. The third-order valence-corrected chi connectivity index (χ3v) is 3.67. The first kappa shape index (κ1) is 11.9. The standard InChI is InChI=1S/C14H19N3/c1-2-11-3-5-12(6-4-11)17-13-7-8-16-14(9-13)10-15/h7-9,11-12H,2-6H2,1H3,(H,16,17). The minimum Gasteiger partial charge on any atom is -0.382 e. The van der Waals surface area contributed by atoms with Gasteiger partial charge in [0.1, 0.15) is 11.8 Å². The molecule has 0 unspecified atom stereocenters. The van der Waals surface area contributed by atoms with Gasteiger partial charge in [0.2, 0.25) is 0 Å². The van der Waals surface area contributed by atoms with E-state index in [4.69, 9.17) is 5.26 Å². The number of rotatable bonds is 3. The third kappa shape index (κ3) is 3.20. The van der Waals surface area contributed by atoms with Crippen LogP contribution in [-0.4, -0.2) is 11.0 Å². The first-order chi connectivity index (χ1) is 8.31. The van der Waals surface area contributed by atoms with Crippen LogP contribution in [0.3, 0.4) is 0 Å². The highest BCUT2D eigenvalue weighted by Crippen LogP contribution is 2.28. The van der Waals surface area contributed by atoms with E-state index in [1.165, 1.54) is 32.1 Å². The van der Waals surface area contributed by atoms with Crippen LogP contribution in [0.1, 0.15) is 44.7 Å². The fourth-order valence-electron chi connectivity index (χ4n) is 2.53. The van der Waals surface area contributed by atoms with Crippen LogP contribution in [0, 0.1) is 17.2 Å². The maximum Gasteiger partial charge on any atom is 0.142 e. The summed E-state index contributed by atoms with van der Waals surface area (Å²) in [6.07, 6.45) is 8.12. The fourth-order valence-corrected chi connectivity index (χ4v) is 2.53. The van der Waals surface area contributed by atoms with E-state index in [0.717, 1.165) is 11.6 Å². The minimum atomic E-state index is 0.484. The summed E-state index contributed by atoms with van der Waals surface area (Å²) in [6.45, 7) is 2.28. The Hall–Kier alpha value is -1.56. The van der Waals surface area contributed by atoms with Gasteiger partial charge in [-0.15, -0.1) is 0 Å². The second kappa shape index (κ2) is 5.67.